The van der Waals surface area contributed by atoms with Crippen LogP contribution in [0.25, 0.3) is 22.5 Å². The number of carbonyl (C=O) groups excluding carboxylic acids is 1. The number of methoxy groups -OCH3 is 2. The van der Waals surface area contributed by atoms with Crippen LogP contribution >= 0.6 is 0 Å². The van der Waals surface area contributed by atoms with Gasteiger partial charge in [-0.05, 0) is 55.3 Å². The maximum Gasteiger partial charge on any atom is 0.227 e. The van der Waals surface area contributed by atoms with E-state index in [1.807, 2.05) is 74.5 Å². The average molecular weight is 405 g/mol. The largest absolute Gasteiger partial charge is 0.497 e. The lowest BCUT2D eigenvalue weighted by Gasteiger charge is -2.13. The van der Waals surface area contributed by atoms with Crippen molar-refractivity contribution >= 4 is 11.6 Å². The zero-order valence-corrected chi connectivity index (χ0v) is 17.9. The number of hydrogen-bond donors (Lipinski definition) is 1. The lowest BCUT2D eigenvalue weighted by Crippen LogP contribution is -2.21. The Morgan fingerprint density at radius 1 is 0.933 bits per heavy atom. The third-order valence-electron chi connectivity index (χ3n) is 5.24. The highest BCUT2D eigenvalue weighted by Gasteiger charge is 2.14. The third-order valence-corrected chi connectivity index (χ3v) is 5.24. The van der Waals surface area contributed by atoms with E-state index >= 15 is 0 Å². The Morgan fingerprint density at radius 3 is 2.27 bits per heavy atom. The highest BCUT2D eigenvalue weighted by molar-refractivity contribution is 5.92. The number of anilines is 1. The van der Waals surface area contributed by atoms with E-state index in [1.165, 1.54) is 0 Å². The molecule has 1 heterocycles. The molecular formula is C25H28N2O3. The topological polar surface area (TPSA) is 60.5 Å². The molecule has 5 nitrogen and oxygen atoms in total. The van der Waals surface area contributed by atoms with Crippen LogP contribution in [0, 0.1) is 5.92 Å². The highest BCUT2D eigenvalue weighted by atomic mass is 16.5. The molecule has 5 heteroatoms. The van der Waals surface area contributed by atoms with E-state index in [0.29, 0.717) is 0 Å². The second-order valence-corrected chi connectivity index (χ2v) is 7.05. The summed E-state index contributed by atoms with van der Waals surface area (Å²) in [5.41, 5.74) is 4.28. The molecule has 0 saturated heterocycles. The van der Waals surface area contributed by atoms with Gasteiger partial charge in [0.25, 0.3) is 0 Å². The maximum absolute atomic E-state index is 12.3. The van der Waals surface area contributed by atoms with Crippen molar-refractivity contribution in [3.63, 3.8) is 0 Å². The van der Waals surface area contributed by atoms with Crippen molar-refractivity contribution in [3.05, 3.63) is 60.7 Å². The number of rotatable bonds is 8. The van der Waals surface area contributed by atoms with Gasteiger partial charge in [0.2, 0.25) is 5.91 Å². The highest BCUT2D eigenvalue weighted by Crippen LogP contribution is 2.33. The van der Waals surface area contributed by atoms with Gasteiger partial charge in [-0.15, -0.1) is 0 Å². The van der Waals surface area contributed by atoms with E-state index in [1.54, 1.807) is 14.2 Å². The molecule has 1 aromatic heterocycles. The van der Waals surface area contributed by atoms with Gasteiger partial charge in [0.05, 0.1) is 25.6 Å². The molecule has 0 spiro atoms. The molecule has 0 radical (unpaired) electrons. The first-order valence-corrected chi connectivity index (χ1v) is 10.2. The summed E-state index contributed by atoms with van der Waals surface area (Å²) in [7, 11) is 3.28. The van der Waals surface area contributed by atoms with Gasteiger partial charge < -0.3 is 14.8 Å². The molecule has 0 atom stereocenters. The molecule has 30 heavy (non-hydrogen) atoms. The smallest absolute Gasteiger partial charge is 0.227 e. The van der Waals surface area contributed by atoms with Crippen LogP contribution in [-0.2, 0) is 4.79 Å². The predicted molar refractivity (Wildman–Crippen MR) is 121 cm³/mol. The van der Waals surface area contributed by atoms with Crippen molar-refractivity contribution < 1.29 is 14.3 Å². The average Bonchev–Trinajstić information content (AvgIpc) is 2.80. The minimum atomic E-state index is 0.0425. The first-order valence-electron chi connectivity index (χ1n) is 10.2. The fourth-order valence-corrected chi connectivity index (χ4v) is 3.39. The Hall–Kier alpha value is -3.34. The van der Waals surface area contributed by atoms with Crippen molar-refractivity contribution in [3.8, 4) is 34.0 Å². The summed E-state index contributed by atoms with van der Waals surface area (Å²) in [5, 5.41) is 3.00. The zero-order chi connectivity index (χ0) is 21.5. The first-order chi connectivity index (χ1) is 14.6. The van der Waals surface area contributed by atoms with E-state index in [-0.39, 0.29) is 11.8 Å². The van der Waals surface area contributed by atoms with Crippen molar-refractivity contribution in [1.29, 1.82) is 0 Å². The normalized spacial score (nSPS) is 10.7. The van der Waals surface area contributed by atoms with Crippen molar-refractivity contribution in [2.45, 2.75) is 26.7 Å². The van der Waals surface area contributed by atoms with E-state index in [9.17, 15) is 4.79 Å². The van der Waals surface area contributed by atoms with Crippen LogP contribution < -0.4 is 14.8 Å². The van der Waals surface area contributed by atoms with E-state index in [4.69, 9.17) is 14.5 Å². The van der Waals surface area contributed by atoms with Gasteiger partial charge >= 0.3 is 0 Å². The van der Waals surface area contributed by atoms with Gasteiger partial charge in [-0.1, -0.05) is 32.0 Å². The van der Waals surface area contributed by atoms with Gasteiger partial charge in [-0.3, -0.25) is 4.79 Å². The Kier molecular flexibility index (Phi) is 7.07. The molecule has 0 fully saturated rings. The van der Waals surface area contributed by atoms with Crippen molar-refractivity contribution in [2.24, 2.45) is 5.92 Å². The number of hydrogen-bond acceptors (Lipinski definition) is 4. The summed E-state index contributed by atoms with van der Waals surface area (Å²) in [6.45, 7) is 4.07. The quantitative estimate of drug-likeness (QED) is 0.515. The Bertz CT molecular complexity index is 996. The van der Waals surface area contributed by atoms with Crippen LogP contribution in [0.4, 0.5) is 5.69 Å². The van der Waals surface area contributed by atoms with Gasteiger partial charge in [0, 0.05) is 22.7 Å². The van der Waals surface area contributed by atoms with Crippen LogP contribution in [0.1, 0.15) is 26.7 Å². The molecule has 156 valence electrons. The minimum Gasteiger partial charge on any atom is -0.497 e. The SMILES string of the molecule is CCC(CC)C(=O)Nc1ccc(-c2cccc(-c3cc(OC)ccc3OC)n2)cc1. The number of nitrogens with zero attached hydrogens (tertiary/aromatic N) is 1. The number of aromatic nitrogens is 1. The first kappa shape index (κ1) is 21.4. The van der Waals surface area contributed by atoms with Crippen LogP contribution in [0.5, 0.6) is 11.5 Å². The monoisotopic (exact) mass is 404 g/mol. The van der Waals surface area contributed by atoms with Gasteiger partial charge in [-0.2, -0.15) is 0 Å². The second kappa shape index (κ2) is 9.92. The van der Waals surface area contributed by atoms with E-state index < -0.39 is 0 Å². The fourth-order valence-electron chi connectivity index (χ4n) is 3.39. The number of benzene rings is 2. The van der Waals surface area contributed by atoms with E-state index in [2.05, 4.69) is 5.32 Å². The summed E-state index contributed by atoms with van der Waals surface area (Å²) in [6, 6.07) is 19.3. The van der Waals surface area contributed by atoms with Crippen molar-refractivity contribution in [2.75, 3.05) is 19.5 Å². The van der Waals surface area contributed by atoms with Gasteiger partial charge in [0.15, 0.2) is 0 Å². The molecular weight excluding hydrogens is 376 g/mol. The second-order valence-electron chi connectivity index (χ2n) is 7.05. The molecule has 2 aromatic carbocycles. The summed E-state index contributed by atoms with van der Waals surface area (Å²) in [5.74, 6) is 1.59. The Labute approximate surface area is 178 Å². The molecule has 1 amide bonds. The van der Waals surface area contributed by atoms with E-state index in [0.717, 1.165) is 52.5 Å². The lowest BCUT2D eigenvalue weighted by atomic mass is 10.0. The number of carbonyl (C=O) groups is 1. The summed E-state index contributed by atoms with van der Waals surface area (Å²) >= 11 is 0. The molecule has 0 bridgehead atoms. The number of nitrogens with one attached hydrogen (secondary N) is 1. The Balaban J connectivity index is 1.86. The standard InChI is InChI=1S/C25H28N2O3/c1-5-17(6-2)25(28)26-19-12-10-18(11-13-19)22-8-7-9-23(27-22)21-16-20(29-3)14-15-24(21)30-4/h7-17H,5-6H2,1-4H3,(H,26,28). The minimum absolute atomic E-state index is 0.0425. The number of amides is 1. The molecule has 0 aliphatic rings. The summed E-state index contributed by atoms with van der Waals surface area (Å²) < 4.78 is 10.9. The fraction of sp³-hybridized carbons (Fsp3) is 0.280. The van der Waals surface area contributed by atoms with Crippen LogP contribution in [-0.4, -0.2) is 25.1 Å². The van der Waals surface area contributed by atoms with Crippen LogP contribution in [0.3, 0.4) is 0 Å². The predicted octanol–water partition coefficient (Wildman–Crippen LogP) is 5.81. The molecule has 3 aromatic rings. The van der Waals surface area contributed by atoms with Crippen molar-refractivity contribution in [1.82, 2.24) is 4.98 Å². The van der Waals surface area contributed by atoms with Gasteiger partial charge in [0.1, 0.15) is 11.5 Å². The third kappa shape index (κ3) is 4.79. The lowest BCUT2D eigenvalue weighted by molar-refractivity contribution is -0.120. The van der Waals surface area contributed by atoms with Crippen LogP contribution in [0.2, 0.25) is 0 Å². The summed E-state index contributed by atoms with van der Waals surface area (Å²) in [6.07, 6.45) is 1.68. The Morgan fingerprint density at radius 2 is 1.63 bits per heavy atom. The number of pyridine rings is 1. The molecule has 0 unspecified atom stereocenters. The molecule has 0 saturated carbocycles. The number of ether oxygens (including phenoxy) is 2. The maximum atomic E-state index is 12.3. The molecule has 1 N–H and O–H groups in total. The molecule has 0 aliphatic carbocycles. The van der Waals surface area contributed by atoms with Gasteiger partial charge in [-0.25, -0.2) is 4.98 Å². The van der Waals surface area contributed by atoms with Crippen LogP contribution in [0.15, 0.2) is 60.7 Å². The molecule has 3 rings (SSSR count). The summed E-state index contributed by atoms with van der Waals surface area (Å²) in [4.78, 5) is 17.1. The molecule has 0 aliphatic heterocycles. The zero-order valence-electron chi connectivity index (χ0n) is 17.9.